The second-order valence-electron chi connectivity index (χ2n) is 8.08. The molecule has 1 N–H and O–H groups in total. The maximum atomic E-state index is 13.1. The first-order chi connectivity index (χ1) is 17.1. The Labute approximate surface area is 254 Å². The van der Waals surface area contributed by atoms with Gasteiger partial charge in [-0.15, -0.1) is 0 Å². The second kappa shape index (κ2) is 12.0. The average Bonchev–Trinajstić information content (AvgIpc) is 2.83. The largest absolute Gasteiger partial charge is 0.487 e. The molecule has 4 rings (SSSR count). The van der Waals surface area contributed by atoms with E-state index in [2.05, 4.69) is 61.1 Å². The summed E-state index contributed by atoms with van der Waals surface area (Å²) in [5, 5.41) is 10.9. The van der Waals surface area contributed by atoms with E-state index in [-0.39, 0.29) is 25.5 Å². The molecule has 0 unspecified atom stereocenters. The van der Waals surface area contributed by atoms with Crippen molar-refractivity contribution in [3.63, 3.8) is 0 Å². The summed E-state index contributed by atoms with van der Waals surface area (Å²) in [6, 6.07) is 13.7. The van der Waals surface area contributed by atoms with Gasteiger partial charge in [-0.3, -0.25) is 4.79 Å². The highest BCUT2D eigenvalue weighted by Gasteiger charge is 2.35. The number of amides is 1. The third kappa shape index (κ3) is 6.38. The highest BCUT2D eigenvalue weighted by atomic mass is 127. The van der Waals surface area contributed by atoms with E-state index in [1.807, 2.05) is 36.4 Å². The van der Waals surface area contributed by atoms with Crippen LogP contribution in [-0.4, -0.2) is 27.9 Å². The predicted octanol–water partition coefficient (Wildman–Crippen LogP) is 7.60. The van der Waals surface area contributed by atoms with Gasteiger partial charge in [0.05, 0.1) is 7.14 Å². The van der Waals surface area contributed by atoms with Crippen LogP contribution in [0.15, 0.2) is 59.1 Å². The summed E-state index contributed by atoms with van der Waals surface area (Å²) in [5.74, 6) is -0.725. The van der Waals surface area contributed by atoms with Crippen molar-refractivity contribution in [2.45, 2.75) is 25.6 Å². The van der Waals surface area contributed by atoms with Crippen molar-refractivity contribution in [2.24, 2.45) is 0 Å². The Morgan fingerprint density at radius 3 is 2.64 bits per heavy atom. The van der Waals surface area contributed by atoms with Gasteiger partial charge < -0.3 is 14.7 Å². The van der Waals surface area contributed by atoms with Crippen LogP contribution < -0.4 is 4.74 Å². The molecule has 186 valence electrons. The molecule has 0 saturated carbocycles. The van der Waals surface area contributed by atoms with Gasteiger partial charge in [0.25, 0.3) is 0 Å². The number of carboxylic acid groups (broad SMARTS) is 1. The van der Waals surface area contributed by atoms with Crippen molar-refractivity contribution in [2.75, 3.05) is 0 Å². The lowest BCUT2D eigenvalue weighted by Gasteiger charge is -2.35. The second-order valence-corrected chi connectivity index (χ2v) is 12.1. The highest BCUT2D eigenvalue weighted by molar-refractivity contribution is 14.1. The smallest absolute Gasteiger partial charge is 0.326 e. The quantitative estimate of drug-likeness (QED) is 0.206. The molecule has 0 fully saturated rings. The molecule has 10 heteroatoms. The van der Waals surface area contributed by atoms with Crippen molar-refractivity contribution < 1.29 is 19.4 Å². The van der Waals surface area contributed by atoms with Crippen LogP contribution in [0.2, 0.25) is 10.0 Å². The van der Waals surface area contributed by atoms with Gasteiger partial charge in [-0.2, -0.15) is 0 Å². The zero-order valence-electron chi connectivity index (χ0n) is 18.5. The molecule has 36 heavy (non-hydrogen) atoms. The molecule has 1 heterocycles. The maximum absolute atomic E-state index is 13.1. The minimum atomic E-state index is -1.03. The normalized spacial score (nSPS) is 15.1. The SMILES string of the molecule is O=C(O)[C@@H]1Cc2cc(I)c(OCc3ccc(Cl)cc3Cl)c(I)c2CN1C(=O)/C=C/c1cccc(Br)c1. The van der Waals surface area contributed by atoms with Crippen molar-refractivity contribution in [3.05, 3.63) is 98.5 Å². The fourth-order valence-electron chi connectivity index (χ4n) is 3.89. The summed E-state index contributed by atoms with van der Waals surface area (Å²) in [4.78, 5) is 26.6. The van der Waals surface area contributed by atoms with Crippen LogP contribution in [0.25, 0.3) is 6.08 Å². The Bertz CT molecular complexity index is 1380. The molecule has 0 bridgehead atoms. The Morgan fingerprint density at radius 2 is 1.94 bits per heavy atom. The number of hydrogen-bond acceptors (Lipinski definition) is 3. The molecular formula is C26H18BrCl2I2NO4. The number of benzene rings is 3. The van der Waals surface area contributed by atoms with Crippen LogP contribution >= 0.6 is 84.3 Å². The van der Waals surface area contributed by atoms with Gasteiger partial charge in [-0.05, 0) is 98.3 Å². The molecule has 0 saturated heterocycles. The first kappa shape index (κ1) is 27.7. The van der Waals surface area contributed by atoms with E-state index in [0.717, 1.165) is 33.9 Å². The number of nitrogens with zero attached hydrogens (tertiary/aromatic N) is 1. The predicted molar refractivity (Wildman–Crippen MR) is 162 cm³/mol. The van der Waals surface area contributed by atoms with Crippen LogP contribution in [0.4, 0.5) is 0 Å². The van der Waals surface area contributed by atoms with Gasteiger partial charge in [-0.1, -0.05) is 57.3 Å². The van der Waals surface area contributed by atoms with Crippen molar-refractivity contribution in [1.29, 1.82) is 0 Å². The lowest BCUT2D eigenvalue weighted by Crippen LogP contribution is -2.48. The maximum Gasteiger partial charge on any atom is 0.326 e. The van der Waals surface area contributed by atoms with E-state index < -0.39 is 12.0 Å². The fraction of sp³-hybridized carbons (Fsp3) is 0.154. The van der Waals surface area contributed by atoms with Gasteiger partial charge >= 0.3 is 5.97 Å². The lowest BCUT2D eigenvalue weighted by molar-refractivity contribution is -0.149. The van der Waals surface area contributed by atoms with E-state index in [0.29, 0.717) is 15.8 Å². The summed E-state index contributed by atoms with van der Waals surface area (Å²) in [5.41, 5.74) is 3.41. The molecule has 1 atom stereocenters. The molecule has 1 aliphatic heterocycles. The molecule has 0 aliphatic carbocycles. The number of carbonyl (C=O) groups is 2. The first-order valence-electron chi connectivity index (χ1n) is 10.7. The summed E-state index contributed by atoms with van der Waals surface area (Å²) in [7, 11) is 0. The van der Waals surface area contributed by atoms with Gasteiger partial charge in [-0.25, -0.2) is 4.79 Å². The van der Waals surface area contributed by atoms with Crippen molar-refractivity contribution >= 4 is 102 Å². The summed E-state index contributed by atoms with van der Waals surface area (Å²) in [6.07, 6.45) is 3.32. The number of carboxylic acids is 1. The summed E-state index contributed by atoms with van der Waals surface area (Å²) >= 11 is 20.1. The van der Waals surface area contributed by atoms with Crippen LogP contribution in [0.3, 0.4) is 0 Å². The first-order valence-corrected chi connectivity index (χ1v) is 14.4. The van der Waals surface area contributed by atoms with E-state index in [1.54, 1.807) is 18.2 Å². The molecule has 0 spiro atoms. The Balaban J connectivity index is 1.61. The lowest BCUT2D eigenvalue weighted by atomic mass is 9.93. The monoisotopic (exact) mass is 811 g/mol. The van der Waals surface area contributed by atoms with Gasteiger partial charge in [0.2, 0.25) is 5.91 Å². The number of aliphatic carboxylic acids is 1. The van der Waals surface area contributed by atoms with Gasteiger partial charge in [0.15, 0.2) is 0 Å². The Morgan fingerprint density at radius 1 is 1.17 bits per heavy atom. The van der Waals surface area contributed by atoms with E-state index >= 15 is 0 Å². The molecule has 1 amide bonds. The number of rotatable bonds is 6. The highest BCUT2D eigenvalue weighted by Crippen LogP contribution is 2.38. The summed E-state index contributed by atoms with van der Waals surface area (Å²) in [6.45, 7) is 0.414. The molecule has 0 aromatic heterocycles. The number of fused-ring (bicyclic) bond motifs is 1. The molecular weight excluding hydrogens is 795 g/mol. The van der Waals surface area contributed by atoms with Gasteiger partial charge in [0, 0.05) is 39.1 Å². The molecule has 0 radical (unpaired) electrons. The Hall–Kier alpha value is -1.34. The minimum Gasteiger partial charge on any atom is -0.487 e. The third-order valence-electron chi connectivity index (χ3n) is 5.71. The molecule has 5 nitrogen and oxygen atoms in total. The van der Waals surface area contributed by atoms with E-state index in [9.17, 15) is 14.7 Å². The van der Waals surface area contributed by atoms with Crippen LogP contribution in [-0.2, 0) is 29.2 Å². The Kier molecular flexibility index (Phi) is 9.24. The molecule has 3 aromatic carbocycles. The number of hydrogen-bond donors (Lipinski definition) is 1. The number of carbonyl (C=O) groups excluding carboxylic acids is 1. The zero-order valence-corrected chi connectivity index (χ0v) is 25.9. The number of ether oxygens (including phenoxy) is 1. The number of halogens is 5. The molecule has 3 aromatic rings. The van der Waals surface area contributed by atoms with E-state index in [4.69, 9.17) is 27.9 Å². The zero-order chi connectivity index (χ0) is 26.0. The van der Waals surface area contributed by atoms with Gasteiger partial charge in [0.1, 0.15) is 18.4 Å². The standard InChI is InChI=1S/C26H18BrCl2I2NO4/c27-17-3-1-2-14(8-17)4-7-23(33)32-12-19-16(10-22(32)26(34)35)9-21(30)25(24(19)31)36-13-15-5-6-18(28)11-20(15)29/h1-9,11,22H,10,12-13H2,(H,34,35)/b7-4+/t22-/m0/s1. The average molecular weight is 813 g/mol. The topological polar surface area (TPSA) is 66.8 Å². The summed E-state index contributed by atoms with van der Waals surface area (Å²) < 4.78 is 8.74. The van der Waals surface area contributed by atoms with Crippen LogP contribution in [0.1, 0.15) is 22.3 Å². The van der Waals surface area contributed by atoms with Crippen molar-refractivity contribution in [3.8, 4) is 5.75 Å². The molecule has 1 aliphatic rings. The van der Waals surface area contributed by atoms with Crippen molar-refractivity contribution in [1.82, 2.24) is 4.90 Å². The minimum absolute atomic E-state index is 0.168. The van der Waals surface area contributed by atoms with Crippen LogP contribution in [0, 0.1) is 7.14 Å². The van der Waals surface area contributed by atoms with E-state index in [1.165, 1.54) is 11.0 Å². The fourth-order valence-corrected chi connectivity index (χ4v) is 7.05. The van der Waals surface area contributed by atoms with Crippen LogP contribution in [0.5, 0.6) is 5.75 Å². The third-order valence-corrected chi connectivity index (χ3v) is 8.73.